The zero-order chi connectivity index (χ0) is 31.0. The minimum Gasteiger partial charge on any atom is -0.475 e. The molecule has 0 radical (unpaired) electrons. The lowest BCUT2D eigenvalue weighted by Crippen LogP contribution is -2.61. The van der Waals surface area contributed by atoms with Gasteiger partial charge in [-0.05, 0) is 91.3 Å². The van der Waals surface area contributed by atoms with Crippen LogP contribution in [0.5, 0.6) is 5.75 Å². The van der Waals surface area contributed by atoms with E-state index in [9.17, 15) is 28.0 Å². The third kappa shape index (κ3) is 6.47. The SMILES string of the molecule is Cc1cc2c(cc1C(=O)N(C(C)C)[C@@H]1CCCN(C(=O)OC(C)(C)C)C1)N(CCNC(=O)C(F)F)C(=O)C1(CCC1)O2. The molecule has 0 bridgehead atoms. The largest absolute Gasteiger partial charge is 0.475 e. The number of ether oxygens (including phenoxy) is 2. The number of benzene rings is 1. The number of alkyl halides is 2. The zero-order valence-corrected chi connectivity index (χ0v) is 25.3. The maximum absolute atomic E-state index is 14.2. The summed E-state index contributed by atoms with van der Waals surface area (Å²) in [4.78, 5) is 56.8. The number of carbonyl (C=O) groups excluding carboxylic acids is 4. The van der Waals surface area contributed by atoms with Gasteiger partial charge in [0.1, 0.15) is 11.4 Å². The summed E-state index contributed by atoms with van der Waals surface area (Å²) in [5, 5.41) is 2.16. The summed E-state index contributed by atoms with van der Waals surface area (Å²) in [5.74, 6) is -1.53. The Morgan fingerprint density at radius 1 is 1.19 bits per heavy atom. The van der Waals surface area contributed by atoms with E-state index in [1.54, 1.807) is 28.9 Å². The number of carbonyl (C=O) groups is 4. The summed E-state index contributed by atoms with van der Waals surface area (Å²) in [6, 6.07) is 2.93. The molecular weight excluding hydrogens is 550 g/mol. The van der Waals surface area contributed by atoms with E-state index in [2.05, 4.69) is 5.32 Å². The van der Waals surface area contributed by atoms with Crippen LogP contribution in [0.4, 0.5) is 19.3 Å². The number of piperidine rings is 1. The highest BCUT2D eigenvalue weighted by Gasteiger charge is 2.52. The van der Waals surface area contributed by atoms with Crippen molar-refractivity contribution in [2.45, 2.75) is 103 Å². The first kappa shape index (κ1) is 31.5. The number of hydrogen-bond acceptors (Lipinski definition) is 6. The third-order valence-corrected chi connectivity index (χ3v) is 7.99. The van der Waals surface area contributed by atoms with Crippen LogP contribution in [-0.2, 0) is 14.3 Å². The number of anilines is 1. The minimum absolute atomic E-state index is 0.0482. The van der Waals surface area contributed by atoms with Crippen molar-refractivity contribution in [3.8, 4) is 5.75 Å². The monoisotopic (exact) mass is 592 g/mol. The molecule has 4 amide bonds. The fourth-order valence-electron chi connectivity index (χ4n) is 5.84. The van der Waals surface area contributed by atoms with Gasteiger partial charge >= 0.3 is 12.5 Å². The highest BCUT2D eigenvalue weighted by molar-refractivity contribution is 6.05. The van der Waals surface area contributed by atoms with Crippen molar-refractivity contribution in [1.82, 2.24) is 15.1 Å². The smallest absolute Gasteiger partial charge is 0.410 e. The first-order valence-electron chi connectivity index (χ1n) is 14.7. The van der Waals surface area contributed by atoms with Crippen LogP contribution in [0, 0.1) is 6.92 Å². The molecular formula is C30H42F2N4O6. The Hall–Kier alpha value is -3.44. The van der Waals surface area contributed by atoms with Gasteiger partial charge in [-0.25, -0.2) is 4.79 Å². The average Bonchev–Trinajstić information content (AvgIpc) is 2.87. The van der Waals surface area contributed by atoms with Crippen molar-refractivity contribution in [1.29, 1.82) is 0 Å². The van der Waals surface area contributed by atoms with Gasteiger partial charge in [-0.3, -0.25) is 14.4 Å². The zero-order valence-electron chi connectivity index (χ0n) is 25.3. The first-order chi connectivity index (χ1) is 19.6. The Labute approximate surface area is 245 Å². The van der Waals surface area contributed by atoms with E-state index in [0.29, 0.717) is 61.3 Å². The van der Waals surface area contributed by atoms with Crippen LogP contribution in [0.25, 0.3) is 0 Å². The molecule has 0 aromatic heterocycles. The van der Waals surface area contributed by atoms with Gasteiger partial charge in [0, 0.05) is 37.8 Å². The summed E-state index contributed by atoms with van der Waals surface area (Å²) < 4.78 is 37.2. The number of nitrogens with one attached hydrogen (secondary N) is 1. The van der Waals surface area contributed by atoms with Gasteiger partial charge in [0.05, 0.1) is 11.7 Å². The predicted octanol–water partition coefficient (Wildman–Crippen LogP) is 4.27. The Balaban J connectivity index is 1.62. The lowest BCUT2D eigenvalue weighted by Gasteiger charge is -2.47. The topological polar surface area (TPSA) is 108 Å². The second kappa shape index (κ2) is 12.0. The second-order valence-electron chi connectivity index (χ2n) is 12.7. The quantitative estimate of drug-likeness (QED) is 0.507. The molecule has 1 aromatic carbocycles. The lowest BCUT2D eigenvalue weighted by molar-refractivity contribution is -0.143. The van der Waals surface area contributed by atoms with E-state index < -0.39 is 29.6 Å². The number of fused-ring (bicyclic) bond motifs is 1. The highest BCUT2D eigenvalue weighted by Crippen LogP contribution is 2.47. The van der Waals surface area contributed by atoms with Gasteiger partial charge in [-0.1, -0.05) is 0 Å². The molecule has 2 heterocycles. The highest BCUT2D eigenvalue weighted by atomic mass is 19.3. The number of likely N-dealkylation sites (tertiary alicyclic amines) is 1. The Morgan fingerprint density at radius 3 is 2.45 bits per heavy atom. The molecule has 4 rings (SSSR count). The van der Waals surface area contributed by atoms with E-state index in [0.717, 1.165) is 6.42 Å². The third-order valence-electron chi connectivity index (χ3n) is 7.99. The van der Waals surface area contributed by atoms with Crippen LogP contribution < -0.4 is 15.0 Å². The predicted molar refractivity (Wildman–Crippen MR) is 152 cm³/mol. The first-order valence-corrected chi connectivity index (χ1v) is 14.7. The molecule has 1 N–H and O–H groups in total. The number of amides is 4. The number of halogens is 2. The molecule has 1 atom stereocenters. The molecule has 0 unspecified atom stereocenters. The van der Waals surface area contributed by atoms with E-state index in [1.165, 1.54) is 4.90 Å². The summed E-state index contributed by atoms with van der Waals surface area (Å²) >= 11 is 0. The van der Waals surface area contributed by atoms with Crippen LogP contribution in [0.2, 0.25) is 0 Å². The molecule has 232 valence electrons. The molecule has 1 aliphatic carbocycles. The summed E-state index contributed by atoms with van der Waals surface area (Å²) in [7, 11) is 0. The van der Waals surface area contributed by atoms with Crippen LogP contribution in [0.3, 0.4) is 0 Å². The maximum atomic E-state index is 14.2. The van der Waals surface area contributed by atoms with Crippen molar-refractivity contribution in [3.63, 3.8) is 0 Å². The number of hydrogen-bond donors (Lipinski definition) is 1. The maximum Gasteiger partial charge on any atom is 0.410 e. The summed E-state index contributed by atoms with van der Waals surface area (Å²) in [5.41, 5.74) is -0.253. The van der Waals surface area contributed by atoms with Gasteiger partial charge in [0.25, 0.3) is 17.7 Å². The second-order valence-corrected chi connectivity index (χ2v) is 12.7. The van der Waals surface area contributed by atoms with Gasteiger partial charge in [-0.2, -0.15) is 8.78 Å². The van der Waals surface area contributed by atoms with E-state index in [1.807, 2.05) is 34.6 Å². The van der Waals surface area contributed by atoms with E-state index in [-0.39, 0.29) is 37.0 Å². The number of nitrogens with zero attached hydrogens (tertiary/aromatic N) is 3. The Kier molecular flexibility index (Phi) is 9.03. The summed E-state index contributed by atoms with van der Waals surface area (Å²) in [6.45, 7) is 11.7. The molecule has 3 aliphatic rings. The number of rotatable bonds is 7. The van der Waals surface area contributed by atoms with E-state index >= 15 is 0 Å². The molecule has 1 saturated heterocycles. The molecule has 12 heteroatoms. The molecule has 10 nitrogen and oxygen atoms in total. The van der Waals surface area contributed by atoms with Crippen LogP contribution in [0.15, 0.2) is 12.1 Å². The fraction of sp³-hybridized carbons (Fsp3) is 0.667. The van der Waals surface area contributed by atoms with E-state index in [4.69, 9.17) is 9.47 Å². The van der Waals surface area contributed by atoms with Crippen molar-refractivity contribution in [3.05, 3.63) is 23.3 Å². The van der Waals surface area contributed by atoms with Crippen molar-refractivity contribution in [2.24, 2.45) is 0 Å². The molecule has 2 aliphatic heterocycles. The normalized spacial score (nSPS) is 19.8. The molecule has 1 saturated carbocycles. The van der Waals surface area contributed by atoms with Crippen molar-refractivity contribution < 1.29 is 37.4 Å². The Morgan fingerprint density at radius 2 is 1.88 bits per heavy atom. The van der Waals surface area contributed by atoms with Crippen LogP contribution in [-0.4, -0.2) is 89.5 Å². The van der Waals surface area contributed by atoms with Gasteiger partial charge in [0.15, 0.2) is 5.60 Å². The summed E-state index contributed by atoms with van der Waals surface area (Å²) in [6.07, 6.45) is -0.264. The Bertz CT molecular complexity index is 1230. The average molecular weight is 593 g/mol. The lowest BCUT2D eigenvalue weighted by atomic mass is 9.77. The molecule has 1 aromatic rings. The van der Waals surface area contributed by atoms with Gasteiger partial charge < -0.3 is 29.5 Å². The number of aryl methyl sites for hydroxylation is 1. The van der Waals surface area contributed by atoms with Gasteiger partial charge in [0.2, 0.25) is 0 Å². The van der Waals surface area contributed by atoms with Gasteiger partial charge in [-0.15, -0.1) is 0 Å². The molecule has 1 spiro atoms. The molecule has 42 heavy (non-hydrogen) atoms. The van der Waals surface area contributed by atoms with Crippen molar-refractivity contribution >= 4 is 29.5 Å². The fourth-order valence-corrected chi connectivity index (χ4v) is 5.84. The van der Waals surface area contributed by atoms with Crippen molar-refractivity contribution in [2.75, 3.05) is 31.1 Å². The molecule has 2 fully saturated rings. The van der Waals surface area contributed by atoms with Crippen LogP contribution >= 0.6 is 0 Å². The minimum atomic E-state index is -3.16. The van der Waals surface area contributed by atoms with Crippen LogP contribution in [0.1, 0.15) is 82.6 Å². The standard InChI is InChI=1S/C30H42F2N4O6/c1-18(2)36(20-9-7-13-34(17-20)28(40)42-29(4,5)6)26(38)21-16-22-23(15-19(21)3)41-30(10-8-11-30)27(39)35(22)14-12-33-25(37)24(31)32/h15-16,18,20,24H,7-14,17H2,1-6H3,(H,33,37)/t20-/m1/s1.